The van der Waals surface area contributed by atoms with Crippen LogP contribution in [0.15, 0.2) is 53.0 Å². The summed E-state index contributed by atoms with van der Waals surface area (Å²) in [6.45, 7) is 2.55. The highest BCUT2D eigenvalue weighted by molar-refractivity contribution is 9.11. The van der Waals surface area contributed by atoms with Gasteiger partial charge in [0, 0.05) is 36.6 Å². The van der Waals surface area contributed by atoms with E-state index in [1.807, 2.05) is 60.4 Å². The molecular formula is C36H46BrN3O7. The van der Waals surface area contributed by atoms with E-state index in [1.54, 1.807) is 4.90 Å². The first-order chi connectivity index (χ1) is 22.8. The average Bonchev–Trinajstić information content (AvgIpc) is 3.66. The number of amides is 3. The number of hydrogen-bond acceptors (Lipinski definition) is 7. The second kappa shape index (κ2) is 14.6. The highest BCUT2D eigenvalue weighted by Crippen LogP contribution is 2.59. The third-order valence-corrected chi connectivity index (χ3v) is 11.2. The fourth-order valence-corrected chi connectivity index (χ4v) is 9.01. The molecule has 2 N–H and O–H groups in total. The zero-order valence-corrected chi connectivity index (χ0v) is 28.6. The minimum atomic E-state index is -1.33. The van der Waals surface area contributed by atoms with Crippen molar-refractivity contribution in [3.63, 3.8) is 0 Å². The van der Waals surface area contributed by atoms with Crippen LogP contribution < -0.4 is 5.32 Å². The molecule has 0 aromatic heterocycles. The van der Waals surface area contributed by atoms with Gasteiger partial charge in [-0.15, -0.1) is 0 Å². The largest absolute Gasteiger partial charge is 0.455 e. The van der Waals surface area contributed by atoms with Crippen LogP contribution in [0.25, 0.3) is 0 Å². The number of carbonyl (C=O) groups excluding carboxylic acids is 4. The van der Waals surface area contributed by atoms with Crippen LogP contribution in [0.2, 0.25) is 0 Å². The van der Waals surface area contributed by atoms with Gasteiger partial charge in [0.15, 0.2) is 0 Å². The van der Waals surface area contributed by atoms with Crippen molar-refractivity contribution in [3.05, 3.63) is 58.6 Å². The average molecular weight is 713 g/mol. The van der Waals surface area contributed by atoms with E-state index in [0.717, 1.165) is 37.7 Å². The monoisotopic (exact) mass is 711 g/mol. The van der Waals surface area contributed by atoms with Crippen molar-refractivity contribution in [1.29, 1.82) is 0 Å². The van der Waals surface area contributed by atoms with Crippen molar-refractivity contribution in [2.75, 3.05) is 19.7 Å². The summed E-state index contributed by atoms with van der Waals surface area (Å²) in [4.78, 5) is 60.3. The molecule has 3 fully saturated rings. The van der Waals surface area contributed by atoms with Crippen LogP contribution in [-0.2, 0) is 28.7 Å². The summed E-state index contributed by atoms with van der Waals surface area (Å²) >= 11 is 3.64. The van der Waals surface area contributed by atoms with Gasteiger partial charge < -0.3 is 29.7 Å². The van der Waals surface area contributed by atoms with Gasteiger partial charge in [-0.3, -0.25) is 19.2 Å². The molecule has 0 radical (unpaired) electrons. The van der Waals surface area contributed by atoms with E-state index in [1.165, 1.54) is 0 Å². The normalized spacial score (nSPS) is 34.2. The fraction of sp³-hybridized carbons (Fsp3) is 0.611. The maximum Gasteiger partial charge on any atom is 0.313 e. The number of cyclic esters (lactones) is 1. The number of likely N-dealkylation sites (tertiary alicyclic amines) is 1. The molecule has 47 heavy (non-hydrogen) atoms. The quantitative estimate of drug-likeness (QED) is 0.245. The van der Waals surface area contributed by atoms with Gasteiger partial charge in [-0.25, -0.2) is 0 Å². The lowest BCUT2D eigenvalue weighted by atomic mass is 9.74. The topological polar surface area (TPSA) is 125 Å². The highest BCUT2D eigenvalue weighted by Gasteiger charge is 2.75. The van der Waals surface area contributed by atoms with Crippen molar-refractivity contribution < 1.29 is 33.8 Å². The Morgan fingerprint density at radius 3 is 2.49 bits per heavy atom. The lowest BCUT2D eigenvalue weighted by Gasteiger charge is -2.40. The molecule has 1 aliphatic carbocycles. The summed E-state index contributed by atoms with van der Waals surface area (Å²) in [6, 6.07) is 7.81. The standard InChI is InChI=1S/C36H46BrN3O7/c1-23-30(24-14-6-2-7-15-24)46-35(45)28-29-33(43)40(20-12-5-13-21-41)32(36(29)22-26(37)31(28)47-36)34(44)39(25-16-8-3-9-17-25)19-11-4-10-18-27(42)38-23/h2,4,6-7,11,14-15,22-23,25,28-32,41H,3,5,8-10,12-13,16-21H2,1H3,(H,38,42)/b11-4-/t23-,28+,29-,30+,31+,32+,36-/m0/s1. The van der Waals surface area contributed by atoms with Gasteiger partial charge in [0.1, 0.15) is 29.8 Å². The number of ether oxygens (including phenoxy) is 2. The molecule has 5 aliphatic rings. The molecule has 1 saturated carbocycles. The van der Waals surface area contributed by atoms with Crippen LogP contribution in [0, 0.1) is 11.8 Å². The third-order valence-electron chi connectivity index (χ3n) is 10.5. The number of esters is 1. The molecule has 3 amide bonds. The zero-order chi connectivity index (χ0) is 33.1. The van der Waals surface area contributed by atoms with E-state index in [9.17, 15) is 24.3 Å². The molecule has 6 rings (SSSR count). The molecule has 254 valence electrons. The smallest absolute Gasteiger partial charge is 0.313 e. The molecule has 5 bridgehead atoms. The van der Waals surface area contributed by atoms with Crippen LogP contribution in [0.1, 0.15) is 82.8 Å². The van der Waals surface area contributed by atoms with Crippen LogP contribution in [-0.4, -0.2) is 88.1 Å². The number of nitrogens with one attached hydrogen (secondary N) is 1. The summed E-state index contributed by atoms with van der Waals surface area (Å²) in [7, 11) is 0. The summed E-state index contributed by atoms with van der Waals surface area (Å²) in [6.07, 6.45) is 11.8. The Morgan fingerprint density at radius 2 is 1.74 bits per heavy atom. The van der Waals surface area contributed by atoms with E-state index in [0.29, 0.717) is 43.3 Å². The molecule has 11 heteroatoms. The molecule has 1 spiro atoms. The molecule has 4 aliphatic heterocycles. The van der Waals surface area contributed by atoms with Crippen LogP contribution >= 0.6 is 15.9 Å². The molecular weight excluding hydrogens is 666 g/mol. The lowest BCUT2D eigenvalue weighted by molar-refractivity contribution is -0.161. The first-order valence-corrected chi connectivity index (χ1v) is 18.0. The number of allylic oxidation sites excluding steroid dienone is 1. The van der Waals surface area contributed by atoms with Crippen LogP contribution in [0.3, 0.4) is 0 Å². The molecule has 2 saturated heterocycles. The second-order valence-electron chi connectivity index (χ2n) is 13.6. The van der Waals surface area contributed by atoms with E-state index in [-0.39, 0.29) is 36.8 Å². The van der Waals surface area contributed by atoms with E-state index < -0.39 is 47.7 Å². The van der Waals surface area contributed by atoms with Crippen LogP contribution in [0.4, 0.5) is 0 Å². The number of halogens is 1. The van der Waals surface area contributed by atoms with Gasteiger partial charge in [-0.2, -0.15) is 0 Å². The summed E-state index contributed by atoms with van der Waals surface area (Å²) in [5.74, 6) is -3.14. The number of aliphatic hydroxyl groups excluding tert-OH is 1. The lowest BCUT2D eigenvalue weighted by Crippen LogP contribution is -2.58. The Labute approximate surface area is 285 Å². The Morgan fingerprint density at radius 1 is 0.979 bits per heavy atom. The SMILES string of the molecule is C[C@@H]1NC(=O)CC/C=C\CN(C2CCCCC2)C(=O)[C@H]2N(CCCCCO)C(=O)[C@@H]3[C@@H](C(=O)O[C@H]1c1ccccc1)[C@@H]1O[C@@]32C=C1Br. The minimum Gasteiger partial charge on any atom is -0.455 e. The third kappa shape index (κ3) is 6.55. The number of rotatable bonds is 7. The van der Waals surface area contributed by atoms with Crippen molar-refractivity contribution in [2.24, 2.45) is 11.8 Å². The molecule has 4 heterocycles. The van der Waals surface area contributed by atoms with Gasteiger partial charge in [-0.05, 0) is 57.1 Å². The number of aliphatic hydroxyl groups is 1. The first kappa shape index (κ1) is 33.9. The Hall–Kier alpha value is -3.02. The second-order valence-corrected chi connectivity index (χ2v) is 14.5. The minimum absolute atomic E-state index is 0.0207. The van der Waals surface area contributed by atoms with Gasteiger partial charge >= 0.3 is 5.97 Å². The number of fused-ring (bicyclic) bond motifs is 2. The van der Waals surface area contributed by atoms with Gasteiger partial charge in [-0.1, -0.05) is 77.7 Å². The Bertz CT molecular complexity index is 1400. The summed E-state index contributed by atoms with van der Waals surface area (Å²) in [5, 5.41) is 12.4. The Kier molecular flexibility index (Phi) is 10.5. The van der Waals surface area contributed by atoms with Crippen molar-refractivity contribution >= 4 is 39.6 Å². The predicted octanol–water partition coefficient (Wildman–Crippen LogP) is 4.32. The molecule has 1 aromatic carbocycles. The highest BCUT2D eigenvalue weighted by atomic mass is 79.9. The van der Waals surface area contributed by atoms with Crippen LogP contribution in [0.5, 0.6) is 0 Å². The maximum absolute atomic E-state index is 14.9. The van der Waals surface area contributed by atoms with Gasteiger partial charge in [0.25, 0.3) is 0 Å². The zero-order valence-electron chi connectivity index (χ0n) is 27.0. The van der Waals surface area contributed by atoms with Crippen molar-refractivity contribution in [2.45, 2.75) is 107 Å². The first-order valence-electron chi connectivity index (χ1n) is 17.2. The molecule has 1 aromatic rings. The van der Waals surface area contributed by atoms with Gasteiger partial charge in [0.2, 0.25) is 17.7 Å². The molecule has 10 nitrogen and oxygen atoms in total. The fourth-order valence-electron chi connectivity index (χ4n) is 8.27. The Balaban J connectivity index is 1.42. The summed E-state index contributed by atoms with van der Waals surface area (Å²) < 4.78 is 13.6. The number of benzene rings is 1. The predicted molar refractivity (Wildman–Crippen MR) is 178 cm³/mol. The number of carbonyl (C=O) groups is 4. The number of nitrogens with zero attached hydrogens (tertiary/aromatic N) is 2. The van der Waals surface area contributed by atoms with E-state index in [2.05, 4.69) is 21.2 Å². The number of unbranched alkanes of at least 4 members (excludes halogenated alkanes) is 2. The number of hydrogen-bond donors (Lipinski definition) is 2. The van der Waals surface area contributed by atoms with Crippen molar-refractivity contribution in [1.82, 2.24) is 15.1 Å². The maximum atomic E-state index is 14.9. The molecule has 7 atom stereocenters. The summed E-state index contributed by atoms with van der Waals surface area (Å²) in [5.41, 5.74) is -0.607. The molecule has 0 unspecified atom stereocenters. The van der Waals surface area contributed by atoms with E-state index in [4.69, 9.17) is 9.47 Å². The van der Waals surface area contributed by atoms with Crippen molar-refractivity contribution in [3.8, 4) is 0 Å². The van der Waals surface area contributed by atoms with E-state index >= 15 is 0 Å². The van der Waals surface area contributed by atoms with Gasteiger partial charge in [0.05, 0.1) is 12.0 Å².